The first kappa shape index (κ1) is 14.6. The number of aromatic nitrogens is 2. The third-order valence-electron chi connectivity index (χ3n) is 3.93. The second-order valence-electron chi connectivity index (χ2n) is 5.58. The summed E-state index contributed by atoms with van der Waals surface area (Å²) in [6.07, 6.45) is 1.56. The number of rotatable bonds is 2. The van der Waals surface area contributed by atoms with E-state index < -0.39 is 0 Å². The van der Waals surface area contributed by atoms with E-state index in [9.17, 15) is 4.79 Å². The molecule has 3 rings (SSSR count). The van der Waals surface area contributed by atoms with Gasteiger partial charge in [0, 0.05) is 37.9 Å². The highest BCUT2D eigenvalue weighted by atomic mass is 16.3. The molecule has 1 aliphatic rings. The number of aryl methyl sites for hydroxylation is 3. The second kappa shape index (κ2) is 5.79. The molecule has 1 amide bonds. The van der Waals surface area contributed by atoms with Crippen LogP contribution in [0.5, 0.6) is 0 Å². The molecule has 0 spiro atoms. The molecule has 0 atom stereocenters. The molecule has 2 aromatic heterocycles. The van der Waals surface area contributed by atoms with E-state index in [0.29, 0.717) is 24.4 Å². The van der Waals surface area contributed by atoms with Crippen LogP contribution >= 0.6 is 0 Å². The maximum atomic E-state index is 12.5. The summed E-state index contributed by atoms with van der Waals surface area (Å²) in [5.74, 6) is 2.44. The summed E-state index contributed by atoms with van der Waals surface area (Å²) < 4.78 is 5.22. The molecule has 0 aliphatic carbocycles. The largest absolute Gasteiger partial charge is 0.469 e. The van der Waals surface area contributed by atoms with Crippen molar-refractivity contribution in [1.29, 1.82) is 0 Å². The van der Waals surface area contributed by atoms with Crippen molar-refractivity contribution in [3.05, 3.63) is 41.2 Å². The lowest BCUT2D eigenvalue weighted by Gasteiger charge is -2.35. The van der Waals surface area contributed by atoms with Crippen molar-refractivity contribution in [2.75, 3.05) is 31.1 Å². The number of carbonyl (C=O) groups excluding carboxylic acids is 1. The molecule has 0 bridgehead atoms. The van der Waals surface area contributed by atoms with Crippen molar-refractivity contribution >= 4 is 11.7 Å². The summed E-state index contributed by atoms with van der Waals surface area (Å²) in [7, 11) is 0. The smallest absolute Gasteiger partial charge is 0.257 e. The van der Waals surface area contributed by atoms with Gasteiger partial charge in [0.1, 0.15) is 17.4 Å². The molecule has 0 unspecified atom stereocenters. The summed E-state index contributed by atoms with van der Waals surface area (Å²) >= 11 is 0. The van der Waals surface area contributed by atoms with Gasteiger partial charge in [0.2, 0.25) is 0 Å². The summed E-state index contributed by atoms with van der Waals surface area (Å²) in [5, 5.41) is 0. The molecule has 0 saturated carbocycles. The lowest BCUT2D eigenvalue weighted by atomic mass is 10.2. The second-order valence-corrected chi connectivity index (χ2v) is 5.58. The third kappa shape index (κ3) is 2.81. The standard InChI is InChI=1S/C16H20N4O2/c1-11-10-15(18-13(3)17-11)19-5-7-20(8-6-19)16(21)14-4-9-22-12(14)2/h4,9-10H,5-8H2,1-3H3. The van der Waals surface area contributed by atoms with Gasteiger partial charge in [-0.3, -0.25) is 4.79 Å². The van der Waals surface area contributed by atoms with Gasteiger partial charge in [0.25, 0.3) is 5.91 Å². The number of amides is 1. The Morgan fingerprint density at radius 1 is 1.14 bits per heavy atom. The fraction of sp³-hybridized carbons (Fsp3) is 0.438. The van der Waals surface area contributed by atoms with Crippen LogP contribution in [0.3, 0.4) is 0 Å². The molecule has 116 valence electrons. The van der Waals surface area contributed by atoms with Crippen LogP contribution in [0.4, 0.5) is 5.82 Å². The third-order valence-corrected chi connectivity index (χ3v) is 3.93. The highest BCUT2D eigenvalue weighted by molar-refractivity contribution is 5.95. The van der Waals surface area contributed by atoms with Gasteiger partial charge in [-0.1, -0.05) is 0 Å². The molecule has 0 N–H and O–H groups in total. The average molecular weight is 300 g/mol. The summed E-state index contributed by atoms with van der Waals surface area (Å²) in [6.45, 7) is 8.61. The van der Waals surface area contributed by atoms with E-state index in [4.69, 9.17) is 4.42 Å². The predicted octanol–water partition coefficient (Wildman–Crippen LogP) is 1.96. The number of carbonyl (C=O) groups is 1. The molecule has 1 saturated heterocycles. The van der Waals surface area contributed by atoms with Gasteiger partial charge in [0.15, 0.2) is 0 Å². The number of nitrogens with zero attached hydrogens (tertiary/aromatic N) is 4. The highest BCUT2D eigenvalue weighted by Crippen LogP contribution is 2.17. The molecule has 6 nitrogen and oxygen atoms in total. The van der Waals surface area contributed by atoms with Crippen LogP contribution in [-0.4, -0.2) is 47.0 Å². The summed E-state index contributed by atoms with van der Waals surface area (Å²) in [6, 6.07) is 3.73. The Balaban J connectivity index is 1.67. The van der Waals surface area contributed by atoms with Crippen molar-refractivity contribution < 1.29 is 9.21 Å². The van der Waals surface area contributed by atoms with Crippen LogP contribution in [0.15, 0.2) is 22.8 Å². The lowest BCUT2D eigenvalue weighted by Crippen LogP contribution is -2.49. The number of furan rings is 1. The minimum atomic E-state index is 0.0425. The van der Waals surface area contributed by atoms with Gasteiger partial charge < -0.3 is 14.2 Å². The monoisotopic (exact) mass is 300 g/mol. The van der Waals surface area contributed by atoms with E-state index >= 15 is 0 Å². The minimum absolute atomic E-state index is 0.0425. The van der Waals surface area contributed by atoms with E-state index in [1.54, 1.807) is 12.3 Å². The van der Waals surface area contributed by atoms with Gasteiger partial charge in [-0.2, -0.15) is 0 Å². The summed E-state index contributed by atoms with van der Waals surface area (Å²) in [5.41, 5.74) is 1.62. The maximum Gasteiger partial charge on any atom is 0.257 e. The van der Waals surface area contributed by atoms with Crippen LogP contribution in [0.2, 0.25) is 0 Å². The highest BCUT2D eigenvalue weighted by Gasteiger charge is 2.24. The van der Waals surface area contributed by atoms with Crippen molar-refractivity contribution in [3.8, 4) is 0 Å². The van der Waals surface area contributed by atoms with Crippen molar-refractivity contribution in [2.45, 2.75) is 20.8 Å². The Labute approximate surface area is 129 Å². The molecule has 0 radical (unpaired) electrons. The zero-order valence-corrected chi connectivity index (χ0v) is 13.2. The quantitative estimate of drug-likeness (QED) is 0.848. The number of anilines is 1. The average Bonchev–Trinajstić information content (AvgIpc) is 2.92. The fourth-order valence-electron chi connectivity index (χ4n) is 2.78. The van der Waals surface area contributed by atoms with Gasteiger partial charge >= 0.3 is 0 Å². The minimum Gasteiger partial charge on any atom is -0.469 e. The molecule has 1 aliphatic heterocycles. The Morgan fingerprint density at radius 2 is 1.86 bits per heavy atom. The van der Waals surface area contributed by atoms with Gasteiger partial charge in [-0.15, -0.1) is 0 Å². The first-order valence-corrected chi connectivity index (χ1v) is 7.45. The molecule has 3 heterocycles. The first-order chi connectivity index (χ1) is 10.5. The Hall–Kier alpha value is -2.37. The van der Waals surface area contributed by atoms with Gasteiger partial charge in [-0.25, -0.2) is 9.97 Å². The Bertz CT molecular complexity index is 667. The predicted molar refractivity (Wildman–Crippen MR) is 83.1 cm³/mol. The van der Waals surface area contributed by atoms with Crippen molar-refractivity contribution in [3.63, 3.8) is 0 Å². The molecule has 1 fully saturated rings. The molecule has 2 aromatic rings. The van der Waals surface area contributed by atoms with Crippen LogP contribution in [0.25, 0.3) is 0 Å². The SMILES string of the molecule is Cc1cc(N2CCN(C(=O)c3ccoc3C)CC2)nc(C)n1. The van der Waals surface area contributed by atoms with E-state index in [1.165, 1.54) is 0 Å². The Kier molecular flexibility index (Phi) is 3.83. The van der Waals surface area contributed by atoms with Crippen LogP contribution in [0.1, 0.15) is 27.6 Å². The van der Waals surface area contributed by atoms with Gasteiger partial charge in [-0.05, 0) is 26.8 Å². The molecule has 0 aromatic carbocycles. The van der Waals surface area contributed by atoms with Crippen molar-refractivity contribution in [2.24, 2.45) is 0 Å². The van der Waals surface area contributed by atoms with E-state index in [-0.39, 0.29) is 5.91 Å². The molecule has 6 heteroatoms. The van der Waals surface area contributed by atoms with Crippen LogP contribution in [-0.2, 0) is 0 Å². The topological polar surface area (TPSA) is 62.5 Å². The number of hydrogen-bond donors (Lipinski definition) is 0. The molecular weight excluding hydrogens is 280 g/mol. The normalized spacial score (nSPS) is 15.2. The van der Waals surface area contributed by atoms with E-state index in [1.807, 2.05) is 31.7 Å². The van der Waals surface area contributed by atoms with Crippen LogP contribution in [0, 0.1) is 20.8 Å². The Morgan fingerprint density at radius 3 is 2.45 bits per heavy atom. The van der Waals surface area contributed by atoms with E-state index in [2.05, 4.69) is 14.9 Å². The zero-order valence-electron chi connectivity index (χ0n) is 13.2. The van der Waals surface area contributed by atoms with Crippen LogP contribution < -0.4 is 4.90 Å². The first-order valence-electron chi connectivity index (χ1n) is 7.45. The number of piperazine rings is 1. The zero-order chi connectivity index (χ0) is 15.7. The van der Waals surface area contributed by atoms with Gasteiger partial charge in [0.05, 0.1) is 11.8 Å². The van der Waals surface area contributed by atoms with E-state index in [0.717, 1.165) is 30.4 Å². The lowest BCUT2D eigenvalue weighted by molar-refractivity contribution is 0.0744. The molecular formula is C16H20N4O2. The summed E-state index contributed by atoms with van der Waals surface area (Å²) in [4.78, 5) is 25.3. The maximum absolute atomic E-state index is 12.5. The number of hydrogen-bond acceptors (Lipinski definition) is 5. The molecule has 22 heavy (non-hydrogen) atoms. The fourth-order valence-corrected chi connectivity index (χ4v) is 2.78. The van der Waals surface area contributed by atoms with Crippen molar-refractivity contribution in [1.82, 2.24) is 14.9 Å².